The third kappa shape index (κ3) is 3.87. The summed E-state index contributed by atoms with van der Waals surface area (Å²) in [5.41, 5.74) is 6.42. The molecule has 19 heavy (non-hydrogen) atoms. The zero-order valence-electron chi connectivity index (χ0n) is 10.8. The third-order valence-electron chi connectivity index (χ3n) is 2.93. The Kier molecular flexibility index (Phi) is 5.13. The van der Waals surface area contributed by atoms with Crippen LogP contribution in [0.15, 0.2) is 27.6 Å². The Morgan fingerprint density at radius 3 is 2.79 bits per heavy atom. The molecule has 1 aromatic carbocycles. The fourth-order valence-corrected chi connectivity index (χ4v) is 3.52. The molecule has 1 aliphatic heterocycles. The Balaban J connectivity index is 1.99. The highest BCUT2D eigenvalue weighted by Crippen LogP contribution is 2.32. The summed E-state index contributed by atoms with van der Waals surface area (Å²) in [4.78, 5) is 15.2. The first-order valence-corrected chi connectivity index (χ1v) is 7.83. The normalized spacial score (nSPS) is 17.3. The van der Waals surface area contributed by atoms with Crippen molar-refractivity contribution in [3.63, 3.8) is 0 Å². The van der Waals surface area contributed by atoms with E-state index in [1.54, 1.807) is 11.8 Å². The van der Waals surface area contributed by atoms with E-state index in [1.165, 1.54) is 0 Å². The number of carbonyl (C=O) groups is 1. The number of halogens is 1. The van der Waals surface area contributed by atoms with Crippen molar-refractivity contribution in [3.8, 4) is 0 Å². The Morgan fingerprint density at radius 2 is 2.16 bits per heavy atom. The number of nitrogen functional groups attached to an aromatic ring is 1. The van der Waals surface area contributed by atoms with Gasteiger partial charge in [-0.1, -0.05) is 0 Å². The van der Waals surface area contributed by atoms with Gasteiger partial charge in [0.1, 0.15) is 0 Å². The predicted molar refractivity (Wildman–Crippen MR) is 81.3 cm³/mol. The molecule has 2 rings (SSSR count). The van der Waals surface area contributed by atoms with Crippen molar-refractivity contribution in [2.24, 2.45) is 0 Å². The van der Waals surface area contributed by atoms with Gasteiger partial charge in [0, 0.05) is 28.1 Å². The summed E-state index contributed by atoms with van der Waals surface area (Å²) in [6, 6.07) is 5.64. The van der Waals surface area contributed by atoms with Gasteiger partial charge >= 0.3 is 0 Å². The number of carbonyl (C=O) groups excluding carboxylic acids is 1. The molecule has 6 heteroatoms. The molecule has 2 N–H and O–H groups in total. The van der Waals surface area contributed by atoms with Crippen LogP contribution in [0.3, 0.4) is 0 Å². The largest absolute Gasteiger partial charge is 0.399 e. The van der Waals surface area contributed by atoms with Crippen LogP contribution in [0, 0.1) is 0 Å². The number of benzene rings is 1. The number of hydrogen-bond donors (Lipinski definition) is 1. The number of morpholine rings is 1. The molecule has 1 saturated heterocycles. The van der Waals surface area contributed by atoms with E-state index in [9.17, 15) is 4.79 Å². The molecule has 0 bridgehead atoms. The minimum absolute atomic E-state index is 0.113. The molecule has 104 valence electrons. The van der Waals surface area contributed by atoms with E-state index < -0.39 is 0 Å². The number of hydrogen-bond acceptors (Lipinski definition) is 4. The summed E-state index contributed by atoms with van der Waals surface area (Å²) >= 11 is 5.02. The fourth-order valence-electron chi connectivity index (χ4n) is 1.89. The van der Waals surface area contributed by atoms with Crippen molar-refractivity contribution in [1.29, 1.82) is 0 Å². The third-order valence-corrected chi connectivity index (χ3v) is 5.01. The number of nitrogens with zero attached hydrogens (tertiary/aromatic N) is 1. The van der Waals surface area contributed by atoms with Crippen LogP contribution < -0.4 is 5.73 Å². The van der Waals surface area contributed by atoms with Gasteiger partial charge in [-0.05, 0) is 41.1 Å². The number of thioether (sulfide) groups is 1. The SMILES string of the molecule is CC(Sc1ccc(N)cc1Br)C(=O)N1CCOCC1. The Bertz CT molecular complexity index is 464. The maximum Gasteiger partial charge on any atom is 0.235 e. The lowest BCUT2D eigenvalue weighted by Crippen LogP contribution is -2.44. The van der Waals surface area contributed by atoms with Crippen LogP contribution in [0.4, 0.5) is 5.69 Å². The van der Waals surface area contributed by atoms with E-state index in [-0.39, 0.29) is 11.2 Å². The number of ether oxygens (including phenoxy) is 1. The molecule has 1 aromatic rings. The number of nitrogens with two attached hydrogens (primary N) is 1. The molecule has 0 radical (unpaired) electrons. The monoisotopic (exact) mass is 344 g/mol. The molecule has 1 heterocycles. The van der Waals surface area contributed by atoms with Gasteiger partial charge in [0.2, 0.25) is 5.91 Å². The first-order valence-electron chi connectivity index (χ1n) is 6.16. The lowest BCUT2D eigenvalue weighted by Gasteiger charge is -2.29. The number of anilines is 1. The predicted octanol–water partition coefficient (Wildman–Crippen LogP) is 2.37. The molecule has 1 fully saturated rings. The van der Waals surface area contributed by atoms with Crippen molar-refractivity contribution < 1.29 is 9.53 Å². The van der Waals surface area contributed by atoms with Gasteiger partial charge in [-0.25, -0.2) is 0 Å². The van der Waals surface area contributed by atoms with E-state index in [1.807, 2.05) is 30.0 Å². The average molecular weight is 345 g/mol. The van der Waals surface area contributed by atoms with Crippen LogP contribution >= 0.6 is 27.7 Å². The van der Waals surface area contributed by atoms with Crippen LogP contribution in [0.25, 0.3) is 0 Å². The lowest BCUT2D eigenvalue weighted by atomic mass is 10.3. The minimum Gasteiger partial charge on any atom is -0.399 e. The van der Waals surface area contributed by atoms with Gasteiger partial charge in [-0.2, -0.15) is 0 Å². The van der Waals surface area contributed by atoms with E-state index in [2.05, 4.69) is 15.9 Å². The van der Waals surface area contributed by atoms with Crippen molar-refractivity contribution in [3.05, 3.63) is 22.7 Å². The van der Waals surface area contributed by atoms with Gasteiger partial charge in [-0.15, -0.1) is 11.8 Å². The molecular weight excluding hydrogens is 328 g/mol. The second-order valence-electron chi connectivity index (χ2n) is 4.39. The Hall–Kier alpha value is -0.720. The van der Waals surface area contributed by atoms with Crippen LogP contribution in [-0.2, 0) is 9.53 Å². The molecule has 1 unspecified atom stereocenters. The van der Waals surface area contributed by atoms with Crippen LogP contribution in [0.5, 0.6) is 0 Å². The van der Waals surface area contributed by atoms with Crippen LogP contribution in [0.1, 0.15) is 6.92 Å². The highest BCUT2D eigenvalue weighted by atomic mass is 79.9. The molecule has 0 aromatic heterocycles. The second kappa shape index (κ2) is 6.63. The van der Waals surface area contributed by atoms with Crippen LogP contribution in [-0.4, -0.2) is 42.4 Å². The van der Waals surface area contributed by atoms with E-state index >= 15 is 0 Å². The van der Waals surface area contributed by atoms with Crippen molar-refractivity contribution in [2.45, 2.75) is 17.1 Å². The summed E-state index contributed by atoms with van der Waals surface area (Å²) in [5.74, 6) is 0.164. The number of rotatable bonds is 3. The summed E-state index contributed by atoms with van der Waals surface area (Å²) in [6.45, 7) is 4.58. The van der Waals surface area contributed by atoms with Crippen molar-refractivity contribution in [2.75, 3.05) is 32.0 Å². The highest BCUT2D eigenvalue weighted by Gasteiger charge is 2.23. The summed E-state index contributed by atoms with van der Waals surface area (Å²) in [6.07, 6.45) is 0. The highest BCUT2D eigenvalue weighted by molar-refractivity contribution is 9.10. The fraction of sp³-hybridized carbons (Fsp3) is 0.462. The number of amides is 1. The topological polar surface area (TPSA) is 55.6 Å². The molecule has 1 aliphatic rings. The van der Waals surface area contributed by atoms with Gasteiger partial charge in [0.15, 0.2) is 0 Å². The van der Waals surface area contributed by atoms with Gasteiger partial charge in [0.05, 0.1) is 18.5 Å². The minimum atomic E-state index is -0.113. The first-order chi connectivity index (χ1) is 9.08. The lowest BCUT2D eigenvalue weighted by molar-refractivity contribution is -0.134. The molecule has 4 nitrogen and oxygen atoms in total. The van der Waals surface area contributed by atoms with Crippen molar-refractivity contribution >= 4 is 39.3 Å². The van der Waals surface area contributed by atoms with Crippen molar-refractivity contribution in [1.82, 2.24) is 4.90 Å². The zero-order valence-corrected chi connectivity index (χ0v) is 13.2. The average Bonchev–Trinajstić information content (AvgIpc) is 2.42. The molecule has 0 aliphatic carbocycles. The van der Waals surface area contributed by atoms with Gasteiger partial charge < -0.3 is 15.4 Å². The van der Waals surface area contributed by atoms with Crippen LogP contribution in [0.2, 0.25) is 0 Å². The zero-order chi connectivity index (χ0) is 13.8. The van der Waals surface area contributed by atoms with Gasteiger partial charge in [0.25, 0.3) is 0 Å². The molecule has 0 saturated carbocycles. The smallest absolute Gasteiger partial charge is 0.235 e. The maximum atomic E-state index is 12.3. The molecule has 1 atom stereocenters. The van der Waals surface area contributed by atoms with E-state index in [0.29, 0.717) is 32.0 Å². The quantitative estimate of drug-likeness (QED) is 0.675. The van der Waals surface area contributed by atoms with Gasteiger partial charge in [-0.3, -0.25) is 4.79 Å². The maximum absolute atomic E-state index is 12.3. The summed E-state index contributed by atoms with van der Waals surface area (Å²) < 4.78 is 6.19. The second-order valence-corrected chi connectivity index (χ2v) is 6.62. The van der Waals surface area contributed by atoms with E-state index in [4.69, 9.17) is 10.5 Å². The molecular formula is C13H17BrN2O2S. The van der Waals surface area contributed by atoms with E-state index in [0.717, 1.165) is 9.37 Å². The Labute approximate surface area is 125 Å². The molecule has 1 amide bonds. The standard InChI is InChI=1S/C13H17BrN2O2S/c1-9(13(17)16-4-6-18-7-5-16)19-12-3-2-10(15)8-11(12)14/h2-3,8-9H,4-7,15H2,1H3. The first kappa shape index (κ1) is 14.7. The Morgan fingerprint density at radius 1 is 1.47 bits per heavy atom. The summed E-state index contributed by atoms with van der Waals surface area (Å²) in [5, 5.41) is -0.113. The summed E-state index contributed by atoms with van der Waals surface area (Å²) in [7, 11) is 0. The molecule has 0 spiro atoms.